The van der Waals surface area contributed by atoms with Gasteiger partial charge in [-0.3, -0.25) is 33.6 Å². The third kappa shape index (κ3) is 10.1. The second kappa shape index (κ2) is 16.7. The summed E-state index contributed by atoms with van der Waals surface area (Å²) in [6.45, 7) is 3.54. The van der Waals surface area contributed by atoms with Crippen LogP contribution >= 0.6 is 0 Å². The van der Waals surface area contributed by atoms with E-state index in [1.54, 1.807) is 6.07 Å². The minimum atomic E-state index is -1.23. The van der Waals surface area contributed by atoms with E-state index in [0.29, 0.717) is 18.4 Å². The summed E-state index contributed by atoms with van der Waals surface area (Å²) in [5.41, 5.74) is 11.4. The minimum Gasteiger partial charge on any atom is -0.481 e. The summed E-state index contributed by atoms with van der Waals surface area (Å²) in [6, 6.07) is 8.44. The summed E-state index contributed by atoms with van der Waals surface area (Å²) in [4.78, 5) is 88.9. The second-order valence-electron chi connectivity index (χ2n) is 11.2. The molecule has 0 radical (unpaired) electrons. The maximum absolute atomic E-state index is 13.8. The molecule has 0 aliphatic carbocycles. The average Bonchev–Trinajstić information content (AvgIpc) is 3.03. The number of carboxylic acids is 1. The largest absolute Gasteiger partial charge is 0.481 e. The van der Waals surface area contributed by atoms with Gasteiger partial charge < -0.3 is 37.4 Å². The van der Waals surface area contributed by atoms with Crippen LogP contribution in [0.3, 0.4) is 0 Å². The SMILES string of the molecule is C=CC(=O)NC(CCC(=O)O)C(=O)N1CCCC[C@H]1C(=O)NC(Cc1ccc2ccccc2c1)C(=O)NC(CCC(N)=O)C(N)=O. The van der Waals surface area contributed by atoms with Crippen LogP contribution < -0.4 is 27.4 Å². The van der Waals surface area contributed by atoms with E-state index in [-0.39, 0.29) is 38.6 Å². The van der Waals surface area contributed by atoms with Crippen molar-refractivity contribution in [3.05, 3.63) is 60.7 Å². The first-order chi connectivity index (χ1) is 21.9. The zero-order valence-electron chi connectivity index (χ0n) is 25.4. The van der Waals surface area contributed by atoms with Crippen molar-refractivity contribution in [2.75, 3.05) is 6.54 Å². The monoisotopic (exact) mass is 636 g/mol. The van der Waals surface area contributed by atoms with E-state index >= 15 is 0 Å². The van der Waals surface area contributed by atoms with Gasteiger partial charge in [-0.05, 0) is 54.5 Å². The van der Waals surface area contributed by atoms with Crippen LogP contribution in [0.4, 0.5) is 0 Å². The van der Waals surface area contributed by atoms with E-state index in [4.69, 9.17) is 16.6 Å². The lowest BCUT2D eigenvalue weighted by molar-refractivity contribution is -0.146. The number of nitrogens with two attached hydrogens (primary N) is 2. The van der Waals surface area contributed by atoms with Gasteiger partial charge in [0.25, 0.3) is 0 Å². The van der Waals surface area contributed by atoms with E-state index in [1.165, 1.54) is 4.90 Å². The molecule has 3 unspecified atom stereocenters. The van der Waals surface area contributed by atoms with Crippen LogP contribution in [0.25, 0.3) is 10.8 Å². The number of nitrogens with one attached hydrogen (secondary N) is 3. The molecule has 0 aromatic heterocycles. The number of benzene rings is 2. The van der Waals surface area contributed by atoms with Crippen molar-refractivity contribution in [1.29, 1.82) is 0 Å². The summed E-state index contributed by atoms with van der Waals surface area (Å²) >= 11 is 0. The van der Waals surface area contributed by atoms with Crippen LogP contribution in [0.1, 0.15) is 50.5 Å². The Bertz CT molecular complexity index is 1490. The Morgan fingerprint density at radius 3 is 2.24 bits per heavy atom. The Morgan fingerprint density at radius 1 is 0.891 bits per heavy atom. The lowest BCUT2D eigenvalue weighted by atomic mass is 9.97. The number of rotatable bonds is 16. The Kier molecular flexibility index (Phi) is 12.8. The zero-order valence-corrected chi connectivity index (χ0v) is 25.4. The van der Waals surface area contributed by atoms with Crippen molar-refractivity contribution in [1.82, 2.24) is 20.9 Å². The molecule has 4 atom stereocenters. The Hall–Kier alpha value is -5.27. The van der Waals surface area contributed by atoms with Gasteiger partial charge in [-0.25, -0.2) is 0 Å². The van der Waals surface area contributed by atoms with Crippen LogP contribution in [0.2, 0.25) is 0 Å². The number of amides is 6. The van der Waals surface area contributed by atoms with Gasteiger partial charge in [-0.1, -0.05) is 49.0 Å². The molecular weight excluding hydrogens is 596 g/mol. The van der Waals surface area contributed by atoms with Gasteiger partial charge in [-0.2, -0.15) is 0 Å². The Morgan fingerprint density at radius 2 is 1.59 bits per heavy atom. The number of fused-ring (bicyclic) bond motifs is 1. The summed E-state index contributed by atoms with van der Waals surface area (Å²) < 4.78 is 0. The fourth-order valence-corrected chi connectivity index (χ4v) is 5.35. The van der Waals surface area contributed by atoms with E-state index in [1.807, 2.05) is 36.4 Å². The molecule has 3 rings (SSSR count). The number of nitrogens with zero attached hydrogens (tertiary/aromatic N) is 1. The summed E-state index contributed by atoms with van der Waals surface area (Å²) in [5.74, 6) is -5.42. The topological polar surface area (TPSA) is 231 Å². The quantitative estimate of drug-likeness (QED) is 0.137. The number of aliphatic carboxylic acids is 1. The van der Waals surface area contributed by atoms with Gasteiger partial charge in [0, 0.05) is 25.8 Å². The highest BCUT2D eigenvalue weighted by Crippen LogP contribution is 2.21. The first-order valence-corrected chi connectivity index (χ1v) is 15.0. The molecule has 6 amide bonds. The van der Waals surface area contributed by atoms with Crippen molar-refractivity contribution in [3.63, 3.8) is 0 Å². The molecule has 1 fully saturated rings. The molecular formula is C32H40N6O8. The average molecular weight is 637 g/mol. The molecule has 1 aliphatic heterocycles. The van der Waals surface area contributed by atoms with Gasteiger partial charge in [-0.15, -0.1) is 0 Å². The predicted octanol–water partition coefficient (Wildman–Crippen LogP) is 0.0194. The Labute approximate surface area is 265 Å². The molecule has 1 saturated heterocycles. The molecule has 1 heterocycles. The van der Waals surface area contributed by atoms with Crippen molar-refractivity contribution in [3.8, 4) is 0 Å². The van der Waals surface area contributed by atoms with E-state index in [2.05, 4.69) is 22.5 Å². The van der Waals surface area contributed by atoms with E-state index < -0.39 is 72.0 Å². The fraction of sp³-hybridized carbons (Fsp3) is 0.406. The number of hydrogen-bond donors (Lipinski definition) is 6. The highest BCUT2D eigenvalue weighted by Gasteiger charge is 2.38. The summed E-state index contributed by atoms with van der Waals surface area (Å²) in [6.07, 6.45) is 1.45. The number of carboxylic acid groups (broad SMARTS) is 1. The van der Waals surface area contributed by atoms with Gasteiger partial charge in [0.05, 0.1) is 0 Å². The van der Waals surface area contributed by atoms with Crippen molar-refractivity contribution in [2.24, 2.45) is 11.5 Å². The fourth-order valence-electron chi connectivity index (χ4n) is 5.35. The molecule has 14 nitrogen and oxygen atoms in total. The molecule has 8 N–H and O–H groups in total. The number of likely N-dealkylation sites (tertiary alicyclic amines) is 1. The molecule has 0 saturated carbocycles. The zero-order chi connectivity index (χ0) is 33.8. The second-order valence-corrected chi connectivity index (χ2v) is 11.2. The van der Waals surface area contributed by atoms with Crippen LogP contribution in [0.5, 0.6) is 0 Å². The molecule has 246 valence electrons. The number of piperidine rings is 1. The highest BCUT2D eigenvalue weighted by atomic mass is 16.4. The van der Waals surface area contributed by atoms with Crippen molar-refractivity contribution >= 4 is 52.2 Å². The standard InChI is InChI=1S/C32H40N6O8/c1-2-27(40)35-23(13-15-28(41)42)32(46)38-16-6-5-9-25(38)31(45)37-24(30(44)36-22(29(34)43)12-14-26(33)39)18-19-10-11-20-7-3-4-8-21(20)17-19/h2-4,7-8,10-11,17,22-25H,1,5-6,9,12-16,18H2,(H2,33,39)(H2,34,43)(H,35,40)(H,36,44)(H,37,45)(H,41,42)/t22?,23?,24?,25-/m0/s1. The molecule has 2 aromatic carbocycles. The first kappa shape index (κ1) is 35.2. The minimum absolute atomic E-state index is 0.0149. The third-order valence-electron chi connectivity index (χ3n) is 7.76. The summed E-state index contributed by atoms with van der Waals surface area (Å²) in [5, 5.41) is 18.7. The number of carbonyl (C=O) groups is 7. The van der Waals surface area contributed by atoms with Crippen molar-refractivity contribution in [2.45, 2.75) is 75.5 Å². The van der Waals surface area contributed by atoms with Gasteiger partial charge in [0.15, 0.2) is 0 Å². The first-order valence-electron chi connectivity index (χ1n) is 15.0. The van der Waals surface area contributed by atoms with Gasteiger partial charge in [0.2, 0.25) is 35.4 Å². The molecule has 0 bridgehead atoms. The normalized spacial score (nSPS) is 16.3. The lowest BCUT2D eigenvalue weighted by Gasteiger charge is -2.37. The third-order valence-corrected chi connectivity index (χ3v) is 7.76. The van der Waals surface area contributed by atoms with Crippen LogP contribution in [-0.4, -0.2) is 82.1 Å². The van der Waals surface area contributed by atoms with E-state index in [9.17, 15) is 33.6 Å². The van der Waals surface area contributed by atoms with E-state index in [0.717, 1.165) is 16.8 Å². The predicted molar refractivity (Wildman–Crippen MR) is 167 cm³/mol. The van der Waals surface area contributed by atoms with Crippen molar-refractivity contribution < 1.29 is 38.7 Å². The molecule has 46 heavy (non-hydrogen) atoms. The van der Waals surface area contributed by atoms with Crippen LogP contribution in [0, 0.1) is 0 Å². The molecule has 0 spiro atoms. The maximum Gasteiger partial charge on any atom is 0.303 e. The number of carbonyl (C=O) groups excluding carboxylic acids is 6. The van der Waals surface area contributed by atoms with Crippen LogP contribution in [0.15, 0.2) is 55.1 Å². The van der Waals surface area contributed by atoms with Gasteiger partial charge in [0.1, 0.15) is 24.2 Å². The maximum atomic E-state index is 13.8. The molecule has 2 aromatic rings. The molecule has 14 heteroatoms. The smallest absolute Gasteiger partial charge is 0.303 e. The van der Waals surface area contributed by atoms with Crippen LogP contribution in [-0.2, 0) is 40.0 Å². The Balaban J connectivity index is 1.88. The lowest BCUT2D eigenvalue weighted by Crippen LogP contribution is -2.60. The summed E-state index contributed by atoms with van der Waals surface area (Å²) in [7, 11) is 0. The van der Waals surface area contributed by atoms with Gasteiger partial charge >= 0.3 is 5.97 Å². The number of primary amides is 2. The number of hydrogen-bond acceptors (Lipinski definition) is 7. The highest BCUT2D eigenvalue weighted by molar-refractivity contribution is 5.97. The molecule has 1 aliphatic rings.